The van der Waals surface area contributed by atoms with Crippen molar-refractivity contribution in [3.8, 4) is 5.75 Å². The van der Waals surface area contributed by atoms with Crippen LogP contribution >= 0.6 is 0 Å². The zero-order valence-electron chi connectivity index (χ0n) is 13.7. The van der Waals surface area contributed by atoms with Crippen molar-refractivity contribution >= 4 is 5.91 Å². The third-order valence-electron chi connectivity index (χ3n) is 4.40. The Morgan fingerprint density at radius 3 is 2.68 bits per heavy atom. The monoisotopic (exact) mass is 304 g/mol. The summed E-state index contributed by atoms with van der Waals surface area (Å²) >= 11 is 0. The van der Waals surface area contributed by atoms with Crippen molar-refractivity contribution in [2.75, 3.05) is 6.61 Å². The molecule has 0 aliphatic heterocycles. The smallest absolute Gasteiger partial charge is 0.220 e. The van der Waals surface area contributed by atoms with Crippen molar-refractivity contribution in [1.29, 1.82) is 0 Å². The number of rotatable bonds is 7. The van der Waals surface area contributed by atoms with E-state index in [2.05, 4.69) is 12.2 Å². The van der Waals surface area contributed by atoms with E-state index in [1.165, 1.54) is 0 Å². The van der Waals surface area contributed by atoms with Crippen LogP contribution in [-0.4, -0.2) is 18.6 Å². The fraction of sp³-hybridized carbons (Fsp3) is 0.611. The minimum atomic E-state index is 0.00496. The first-order chi connectivity index (χ1) is 10.6. The molecule has 1 unspecified atom stereocenters. The molecule has 1 aliphatic carbocycles. The van der Waals surface area contributed by atoms with Gasteiger partial charge in [0, 0.05) is 12.5 Å². The van der Waals surface area contributed by atoms with Gasteiger partial charge in [0.25, 0.3) is 0 Å². The van der Waals surface area contributed by atoms with E-state index in [0.717, 1.165) is 43.6 Å². The number of nitrogens with two attached hydrogens (primary N) is 1. The molecular weight excluding hydrogens is 276 g/mol. The third kappa shape index (κ3) is 4.73. The SMILES string of the molecule is CCCOc1ccc(C(C)NC(=O)C[C@@H]2CCC[C@H]2N)cc1. The van der Waals surface area contributed by atoms with E-state index < -0.39 is 0 Å². The van der Waals surface area contributed by atoms with Crippen LogP contribution in [0.3, 0.4) is 0 Å². The van der Waals surface area contributed by atoms with Crippen LogP contribution in [0.2, 0.25) is 0 Å². The highest BCUT2D eigenvalue weighted by atomic mass is 16.5. The van der Waals surface area contributed by atoms with E-state index >= 15 is 0 Å². The summed E-state index contributed by atoms with van der Waals surface area (Å²) in [6.07, 6.45) is 4.81. The average molecular weight is 304 g/mol. The lowest BCUT2D eigenvalue weighted by molar-refractivity contribution is -0.122. The summed E-state index contributed by atoms with van der Waals surface area (Å²) < 4.78 is 5.57. The summed E-state index contributed by atoms with van der Waals surface area (Å²) in [6.45, 7) is 4.82. The van der Waals surface area contributed by atoms with Gasteiger partial charge < -0.3 is 15.8 Å². The van der Waals surface area contributed by atoms with Crippen molar-refractivity contribution in [2.24, 2.45) is 11.7 Å². The van der Waals surface area contributed by atoms with Gasteiger partial charge in [0.1, 0.15) is 5.75 Å². The second-order valence-corrected chi connectivity index (χ2v) is 6.27. The lowest BCUT2D eigenvalue weighted by Gasteiger charge is -2.18. The van der Waals surface area contributed by atoms with Gasteiger partial charge in [-0.1, -0.05) is 25.5 Å². The van der Waals surface area contributed by atoms with Crippen LogP contribution in [0.1, 0.15) is 57.6 Å². The summed E-state index contributed by atoms with van der Waals surface area (Å²) in [5.74, 6) is 1.32. The molecule has 1 saturated carbocycles. The Balaban J connectivity index is 1.83. The Hall–Kier alpha value is -1.55. The maximum atomic E-state index is 12.1. The predicted octanol–water partition coefficient (Wildman–Crippen LogP) is 3.17. The maximum absolute atomic E-state index is 12.1. The van der Waals surface area contributed by atoms with Crippen molar-refractivity contribution in [1.82, 2.24) is 5.32 Å². The van der Waals surface area contributed by atoms with Gasteiger partial charge in [0.2, 0.25) is 5.91 Å². The molecule has 122 valence electrons. The normalized spacial score (nSPS) is 22.3. The topological polar surface area (TPSA) is 64.3 Å². The second kappa shape index (κ2) is 8.18. The number of carbonyl (C=O) groups excluding carboxylic acids is 1. The zero-order chi connectivity index (χ0) is 15.9. The van der Waals surface area contributed by atoms with E-state index in [-0.39, 0.29) is 18.0 Å². The summed E-state index contributed by atoms with van der Waals surface area (Å²) in [5.41, 5.74) is 7.12. The number of ether oxygens (including phenoxy) is 1. The molecule has 3 atom stereocenters. The molecule has 1 fully saturated rings. The van der Waals surface area contributed by atoms with E-state index in [4.69, 9.17) is 10.5 Å². The Morgan fingerprint density at radius 1 is 1.36 bits per heavy atom. The number of hydrogen-bond donors (Lipinski definition) is 2. The summed E-state index contributed by atoms with van der Waals surface area (Å²) in [5, 5.41) is 3.07. The molecule has 1 aromatic carbocycles. The van der Waals surface area contributed by atoms with Crippen LogP contribution in [0.5, 0.6) is 5.75 Å². The molecule has 4 heteroatoms. The fourth-order valence-corrected chi connectivity index (χ4v) is 3.01. The maximum Gasteiger partial charge on any atom is 0.220 e. The van der Waals surface area contributed by atoms with Gasteiger partial charge in [0.15, 0.2) is 0 Å². The first-order valence-electron chi connectivity index (χ1n) is 8.38. The molecule has 2 rings (SSSR count). The molecule has 0 heterocycles. The van der Waals surface area contributed by atoms with Crippen LogP contribution in [0.15, 0.2) is 24.3 Å². The summed E-state index contributed by atoms with van der Waals surface area (Å²) in [4.78, 5) is 12.1. The van der Waals surface area contributed by atoms with Crippen LogP contribution in [0.25, 0.3) is 0 Å². The highest BCUT2D eigenvalue weighted by Gasteiger charge is 2.26. The van der Waals surface area contributed by atoms with Gasteiger partial charge in [-0.25, -0.2) is 0 Å². The Bertz CT molecular complexity index is 472. The Labute approximate surface area is 133 Å². The largest absolute Gasteiger partial charge is 0.494 e. The molecule has 4 nitrogen and oxygen atoms in total. The van der Waals surface area contributed by atoms with Gasteiger partial charge >= 0.3 is 0 Å². The first-order valence-corrected chi connectivity index (χ1v) is 8.38. The van der Waals surface area contributed by atoms with Gasteiger partial charge in [-0.2, -0.15) is 0 Å². The number of nitrogens with one attached hydrogen (secondary N) is 1. The van der Waals surface area contributed by atoms with Gasteiger partial charge in [-0.05, 0) is 49.8 Å². The molecule has 0 bridgehead atoms. The van der Waals surface area contributed by atoms with Crippen molar-refractivity contribution < 1.29 is 9.53 Å². The number of hydrogen-bond acceptors (Lipinski definition) is 3. The predicted molar refractivity (Wildman–Crippen MR) is 88.7 cm³/mol. The zero-order valence-corrected chi connectivity index (χ0v) is 13.7. The molecule has 0 radical (unpaired) electrons. The van der Waals surface area contributed by atoms with E-state index in [0.29, 0.717) is 12.3 Å². The lowest BCUT2D eigenvalue weighted by Crippen LogP contribution is -2.32. The molecule has 22 heavy (non-hydrogen) atoms. The molecule has 1 aliphatic rings. The summed E-state index contributed by atoms with van der Waals surface area (Å²) in [6, 6.07) is 8.14. The molecule has 3 N–H and O–H groups in total. The van der Waals surface area contributed by atoms with Gasteiger partial charge in [-0.15, -0.1) is 0 Å². The van der Waals surface area contributed by atoms with E-state index in [9.17, 15) is 4.79 Å². The standard InChI is InChI=1S/C18H28N2O2/c1-3-11-22-16-9-7-14(8-10-16)13(2)20-18(21)12-15-5-4-6-17(15)19/h7-10,13,15,17H,3-6,11-12,19H2,1-2H3,(H,20,21)/t13?,15-,17+/m0/s1. The number of benzene rings is 1. The molecule has 0 spiro atoms. The number of amides is 1. The van der Waals surface area contributed by atoms with Crippen LogP contribution < -0.4 is 15.8 Å². The van der Waals surface area contributed by atoms with Crippen LogP contribution in [0, 0.1) is 5.92 Å². The molecule has 1 amide bonds. The summed E-state index contributed by atoms with van der Waals surface area (Å²) in [7, 11) is 0. The molecule has 0 saturated heterocycles. The first kappa shape index (κ1) is 16.8. The van der Waals surface area contributed by atoms with Gasteiger partial charge in [0.05, 0.1) is 12.6 Å². The molecule has 0 aromatic heterocycles. The number of carbonyl (C=O) groups is 1. The Morgan fingerprint density at radius 2 is 2.09 bits per heavy atom. The van der Waals surface area contributed by atoms with Gasteiger partial charge in [-0.3, -0.25) is 4.79 Å². The minimum absolute atomic E-state index is 0.00496. The molecular formula is C18H28N2O2. The third-order valence-corrected chi connectivity index (χ3v) is 4.40. The lowest BCUT2D eigenvalue weighted by atomic mass is 9.99. The molecule has 1 aromatic rings. The highest BCUT2D eigenvalue weighted by molar-refractivity contribution is 5.76. The van der Waals surface area contributed by atoms with Crippen molar-refractivity contribution in [2.45, 2.75) is 58.0 Å². The van der Waals surface area contributed by atoms with Crippen molar-refractivity contribution in [3.63, 3.8) is 0 Å². The highest BCUT2D eigenvalue weighted by Crippen LogP contribution is 2.27. The van der Waals surface area contributed by atoms with E-state index in [1.807, 2.05) is 31.2 Å². The second-order valence-electron chi connectivity index (χ2n) is 6.27. The van der Waals surface area contributed by atoms with Crippen LogP contribution in [0.4, 0.5) is 0 Å². The van der Waals surface area contributed by atoms with E-state index in [1.54, 1.807) is 0 Å². The average Bonchev–Trinajstić information content (AvgIpc) is 2.90. The Kier molecular flexibility index (Phi) is 6.25. The quantitative estimate of drug-likeness (QED) is 0.813. The fourth-order valence-electron chi connectivity index (χ4n) is 3.01. The van der Waals surface area contributed by atoms with Crippen molar-refractivity contribution in [3.05, 3.63) is 29.8 Å². The minimum Gasteiger partial charge on any atom is -0.494 e. The van der Waals surface area contributed by atoms with Crippen LogP contribution in [-0.2, 0) is 4.79 Å².